The highest BCUT2D eigenvalue weighted by atomic mass is 19.2. The molecule has 0 radical (unpaired) electrons. The van der Waals surface area contributed by atoms with Crippen molar-refractivity contribution in [1.82, 2.24) is 0 Å². The van der Waals surface area contributed by atoms with Crippen LogP contribution in [-0.4, -0.2) is 19.0 Å². The zero-order valence-electron chi connectivity index (χ0n) is 11.3. The van der Waals surface area contributed by atoms with E-state index in [0.717, 1.165) is 0 Å². The summed E-state index contributed by atoms with van der Waals surface area (Å²) in [5.41, 5.74) is 0.0856. The standard InChI is InChI=1S/C16H12F2O3/c1-9-2-4-11(15(18)14(9)17)16(19)10-3-5-12-13(8-10)21-7-6-20-12/h2-5,8H,6-7H2,1H3. The van der Waals surface area contributed by atoms with Gasteiger partial charge in [-0.2, -0.15) is 0 Å². The molecule has 3 rings (SSSR count). The second-order valence-corrected chi connectivity index (χ2v) is 4.75. The molecule has 0 unspecified atom stereocenters. The summed E-state index contributed by atoms with van der Waals surface area (Å²) >= 11 is 0. The fourth-order valence-electron chi connectivity index (χ4n) is 2.16. The van der Waals surface area contributed by atoms with Crippen molar-refractivity contribution < 1.29 is 23.0 Å². The van der Waals surface area contributed by atoms with Crippen molar-refractivity contribution in [2.45, 2.75) is 6.92 Å². The van der Waals surface area contributed by atoms with E-state index in [-0.39, 0.29) is 16.7 Å². The van der Waals surface area contributed by atoms with Crippen LogP contribution < -0.4 is 9.47 Å². The summed E-state index contributed by atoms with van der Waals surface area (Å²) in [5, 5.41) is 0. The minimum Gasteiger partial charge on any atom is -0.486 e. The number of hydrogen-bond acceptors (Lipinski definition) is 3. The van der Waals surface area contributed by atoms with E-state index in [1.165, 1.54) is 31.2 Å². The Labute approximate surface area is 120 Å². The van der Waals surface area contributed by atoms with E-state index in [1.54, 1.807) is 6.07 Å². The first-order valence-corrected chi connectivity index (χ1v) is 6.47. The van der Waals surface area contributed by atoms with Crippen LogP contribution >= 0.6 is 0 Å². The number of fused-ring (bicyclic) bond motifs is 1. The Bertz CT molecular complexity index is 726. The molecule has 0 spiro atoms. The van der Waals surface area contributed by atoms with Crippen LogP contribution in [0.4, 0.5) is 8.78 Å². The third-order valence-electron chi connectivity index (χ3n) is 3.32. The Kier molecular flexibility index (Phi) is 3.33. The number of aryl methyl sites for hydroxylation is 1. The molecule has 21 heavy (non-hydrogen) atoms. The van der Waals surface area contributed by atoms with Gasteiger partial charge in [0.2, 0.25) is 0 Å². The highest BCUT2D eigenvalue weighted by Crippen LogP contribution is 2.31. The number of ether oxygens (including phenoxy) is 2. The normalized spacial score (nSPS) is 13.1. The maximum Gasteiger partial charge on any atom is 0.196 e. The molecule has 0 aliphatic carbocycles. The van der Waals surface area contributed by atoms with Crippen LogP contribution in [0, 0.1) is 18.6 Å². The van der Waals surface area contributed by atoms with Gasteiger partial charge in [0.25, 0.3) is 0 Å². The monoisotopic (exact) mass is 290 g/mol. The lowest BCUT2D eigenvalue weighted by Gasteiger charge is -2.18. The third kappa shape index (κ3) is 2.35. The van der Waals surface area contributed by atoms with Gasteiger partial charge in [0.1, 0.15) is 13.2 Å². The lowest BCUT2D eigenvalue weighted by atomic mass is 10.0. The van der Waals surface area contributed by atoms with Crippen LogP contribution in [0.25, 0.3) is 0 Å². The van der Waals surface area contributed by atoms with Crippen LogP contribution in [-0.2, 0) is 0 Å². The van der Waals surface area contributed by atoms with Crippen molar-refractivity contribution in [3.8, 4) is 11.5 Å². The molecule has 3 nitrogen and oxygen atoms in total. The van der Waals surface area contributed by atoms with Gasteiger partial charge in [-0.3, -0.25) is 4.79 Å². The molecule has 108 valence electrons. The summed E-state index contributed by atoms with van der Waals surface area (Å²) < 4.78 is 38.2. The Hall–Kier alpha value is -2.43. The summed E-state index contributed by atoms with van der Waals surface area (Å²) in [6.45, 7) is 2.27. The fourth-order valence-corrected chi connectivity index (χ4v) is 2.16. The summed E-state index contributed by atoms with van der Waals surface area (Å²) in [7, 11) is 0. The molecule has 1 aliphatic heterocycles. The average molecular weight is 290 g/mol. The molecule has 1 heterocycles. The smallest absolute Gasteiger partial charge is 0.196 e. The zero-order chi connectivity index (χ0) is 15.0. The lowest BCUT2D eigenvalue weighted by Crippen LogP contribution is -2.16. The molecule has 0 saturated carbocycles. The first-order valence-electron chi connectivity index (χ1n) is 6.47. The molecule has 0 saturated heterocycles. The van der Waals surface area contributed by atoms with Crippen LogP contribution in [0.15, 0.2) is 30.3 Å². The van der Waals surface area contributed by atoms with Crippen molar-refractivity contribution >= 4 is 5.78 Å². The quantitative estimate of drug-likeness (QED) is 0.796. The summed E-state index contributed by atoms with van der Waals surface area (Å²) in [6, 6.07) is 7.24. The van der Waals surface area contributed by atoms with E-state index in [4.69, 9.17) is 9.47 Å². The highest BCUT2D eigenvalue weighted by molar-refractivity contribution is 6.09. The van der Waals surface area contributed by atoms with Crippen molar-refractivity contribution in [2.75, 3.05) is 13.2 Å². The number of rotatable bonds is 2. The van der Waals surface area contributed by atoms with E-state index in [9.17, 15) is 13.6 Å². The van der Waals surface area contributed by atoms with E-state index in [0.29, 0.717) is 24.7 Å². The lowest BCUT2D eigenvalue weighted by molar-refractivity contribution is 0.103. The topological polar surface area (TPSA) is 35.5 Å². The van der Waals surface area contributed by atoms with Gasteiger partial charge >= 0.3 is 0 Å². The maximum absolute atomic E-state index is 13.9. The molecule has 0 amide bonds. The Morgan fingerprint density at radius 1 is 1.00 bits per heavy atom. The van der Waals surface area contributed by atoms with Crippen molar-refractivity contribution in [1.29, 1.82) is 0 Å². The van der Waals surface area contributed by atoms with Crippen molar-refractivity contribution in [3.05, 3.63) is 58.7 Å². The Morgan fingerprint density at radius 3 is 2.48 bits per heavy atom. The first-order chi connectivity index (χ1) is 10.1. The molecule has 2 aromatic carbocycles. The van der Waals surface area contributed by atoms with Gasteiger partial charge < -0.3 is 9.47 Å². The molecular formula is C16H12F2O3. The minimum absolute atomic E-state index is 0.159. The van der Waals surface area contributed by atoms with Gasteiger partial charge in [-0.05, 0) is 36.8 Å². The first kappa shape index (κ1) is 13.5. The van der Waals surface area contributed by atoms with Crippen LogP contribution in [0.5, 0.6) is 11.5 Å². The molecule has 5 heteroatoms. The zero-order valence-corrected chi connectivity index (χ0v) is 11.3. The fraction of sp³-hybridized carbons (Fsp3) is 0.188. The molecule has 0 fully saturated rings. The minimum atomic E-state index is -1.13. The van der Waals surface area contributed by atoms with Crippen LogP contribution in [0.3, 0.4) is 0 Å². The van der Waals surface area contributed by atoms with Crippen molar-refractivity contribution in [2.24, 2.45) is 0 Å². The van der Waals surface area contributed by atoms with Gasteiger partial charge in [0.05, 0.1) is 5.56 Å². The van der Waals surface area contributed by atoms with Crippen molar-refractivity contribution in [3.63, 3.8) is 0 Å². The van der Waals surface area contributed by atoms with Gasteiger partial charge in [-0.1, -0.05) is 6.07 Å². The van der Waals surface area contributed by atoms with Gasteiger partial charge in [0, 0.05) is 5.56 Å². The molecule has 2 aromatic rings. The van der Waals surface area contributed by atoms with Gasteiger partial charge in [-0.25, -0.2) is 8.78 Å². The predicted octanol–water partition coefficient (Wildman–Crippen LogP) is 3.28. The van der Waals surface area contributed by atoms with E-state index >= 15 is 0 Å². The predicted molar refractivity (Wildman–Crippen MR) is 72.0 cm³/mol. The molecule has 0 bridgehead atoms. The number of benzene rings is 2. The molecule has 0 N–H and O–H groups in total. The molecule has 1 aliphatic rings. The molecule has 0 aromatic heterocycles. The molecule has 0 atom stereocenters. The Balaban J connectivity index is 2.01. The maximum atomic E-state index is 13.9. The highest BCUT2D eigenvalue weighted by Gasteiger charge is 2.21. The molecular weight excluding hydrogens is 278 g/mol. The summed E-state index contributed by atoms with van der Waals surface area (Å²) in [4.78, 5) is 12.3. The largest absolute Gasteiger partial charge is 0.486 e. The van der Waals surface area contributed by atoms with Gasteiger partial charge in [-0.15, -0.1) is 0 Å². The number of carbonyl (C=O) groups is 1. The van der Waals surface area contributed by atoms with Crippen LogP contribution in [0.1, 0.15) is 21.5 Å². The third-order valence-corrected chi connectivity index (χ3v) is 3.32. The Morgan fingerprint density at radius 2 is 1.71 bits per heavy atom. The van der Waals surface area contributed by atoms with E-state index in [2.05, 4.69) is 0 Å². The average Bonchev–Trinajstić information content (AvgIpc) is 2.52. The second-order valence-electron chi connectivity index (χ2n) is 4.75. The van der Waals surface area contributed by atoms with Crippen LogP contribution in [0.2, 0.25) is 0 Å². The van der Waals surface area contributed by atoms with E-state index in [1.807, 2.05) is 0 Å². The SMILES string of the molecule is Cc1ccc(C(=O)c2ccc3c(c2)OCCO3)c(F)c1F. The number of hydrogen-bond donors (Lipinski definition) is 0. The number of carbonyl (C=O) groups excluding carboxylic acids is 1. The number of ketones is 1. The summed E-state index contributed by atoms with van der Waals surface area (Å²) in [6.07, 6.45) is 0. The summed E-state index contributed by atoms with van der Waals surface area (Å²) in [5.74, 6) is -1.76. The van der Waals surface area contributed by atoms with Gasteiger partial charge in [0.15, 0.2) is 28.9 Å². The van der Waals surface area contributed by atoms with E-state index < -0.39 is 17.4 Å². The second kappa shape index (κ2) is 5.16. The number of halogens is 2.